The molecular weight excluding hydrogens is 564 g/mol. The van der Waals surface area contributed by atoms with Gasteiger partial charge in [0, 0.05) is 20.7 Å². The molecule has 36 heavy (non-hydrogen) atoms. The molecular formula is C27H22BrClN2O4S. The Kier molecular flexibility index (Phi) is 8.18. The fourth-order valence-electron chi connectivity index (χ4n) is 3.49. The normalized spacial score (nSPS) is 14.4. The summed E-state index contributed by atoms with van der Waals surface area (Å²) in [6, 6.07) is 18.4. The minimum absolute atomic E-state index is 0.217. The smallest absolute Gasteiger partial charge is 0.294 e. The van der Waals surface area contributed by atoms with Gasteiger partial charge in [-0.2, -0.15) is 0 Å². The maximum absolute atomic E-state index is 13.0. The van der Waals surface area contributed by atoms with E-state index in [2.05, 4.69) is 21.2 Å². The van der Waals surface area contributed by atoms with Gasteiger partial charge >= 0.3 is 0 Å². The van der Waals surface area contributed by atoms with Crippen LogP contribution < -0.4 is 10.1 Å². The molecule has 1 heterocycles. The van der Waals surface area contributed by atoms with Crippen molar-refractivity contribution in [2.45, 2.75) is 20.5 Å². The Bertz CT molecular complexity index is 1370. The van der Waals surface area contributed by atoms with E-state index in [9.17, 15) is 14.4 Å². The molecule has 9 heteroatoms. The van der Waals surface area contributed by atoms with E-state index in [1.54, 1.807) is 30.3 Å². The molecule has 3 aromatic carbocycles. The minimum atomic E-state index is -0.523. The number of halogens is 2. The van der Waals surface area contributed by atoms with Gasteiger partial charge in [0.15, 0.2) is 0 Å². The summed E-state index contributed by atoms with van der Waals surface area (Å²) in [5.74, 6) is -0.418. The van der Waals surface area contributed by atoms with E-state index < -0.39 is 17.1 Å². The first kappa shape index (κ1) is 26.0. The van der Waals surface area contributed by atoms with Crippen LogP contribution in [0.3, 0.4) is 0 Å². The molecule has 0 saturated carbocycles. The third-order valence-corrected chi connectivity index (χ3v) is 7.06. The van der Waals surface area contributed by atoms with Crippen molar-refractivity contribution >= 4 is 68.1 Å². The number of thioether (sulfide) groups is 1. The fourth-order valence-corrected chi connectivity index (χ4v) is 4.82. The lowest BCUT2D eigenvalue weighted by molar-refractivity contribution is -0.127. The molecule has 3 amide bonds. The number of nitrogens with one attached hydrogen (secondary N) is 1. The number of rotatable bonds is 7. The van der Waals surface area contributed by atoms with Gasteiger partial charge in [-0.25, -0.2) is 0 Å². The largest absolute Gasteiger partial charge is 0.488 e. The van der Waals surface area contributed by atoms with Crippen molar-refractivity contribution in [3.8, 4) is 5.75 Å². The molecule has 1 aliphatic heterocycles. The van der Waals surface area contributed by atoms with Crippen molar-refractivity contribution in [3.63, 3.8) is 0 Å². The lowest BCUT2D eigenvalue weighted by atomic mass is 10.1. The van der Waals surface area contributed by atoms with E-state index in [4.69, 9.17) is 16.3 Å². The van der Waals surface area contributed by atoms with Crippen LogP contribution in [-0.2, 0) is 16.2 Å². The predicted molar refractivity (Wildman–Crippen MR) is 147 cm³/mol. The molecule has 6 nitrogen and oxygen atoms in total. The molecule has 4 rings (SSSR count). The molecule has 0 atom stereocenters. The molecule has 0 aromatic heterocycles. The van der Waals surface area contributed by atoms with Crippen molar-refractivity contribution in [3.05, 3.63) is 97.3 Å². The van der Waals surface area contributed by atoms with Crippen LogP contribution in [0.25, 0.3) is 6.08 Å². The number of carbonyl (C=O) groups is 3. The van der Waals surface area contributed by atoms with Gasteiger partial charge in [0.2, 0.25) is 5.91 Å². The Morgan fingerprint density at radius 2 is 1.83 bits per heavy atom. The van der Waals surface area contributed by atoms with Crippen LogP contribution in [0.5, 0.6) is 5.75 Å². The van der Waals surface area contributed by atoms with Crippen LogP contribution in [0.4, 0.5) is 10.5 Å². The highest BCUT2D eigenvalue weighted by Gasteiger charge is 2.36. The van der Waals surface area contributed by atoms with Crippen molar-refractivity contribution in [1.29, 1.82) is 0 Å². The highest BCUT2D eigenvalue weighted by atomic mass is 79.9. The number of nitrogens with zero attached hydrogens (tertiary/aromatic N) is 1. The highest BCUT2D eigenvalue weighted by Crippen LogP contribution is 2.35. The quantitative estimate of drug-likeness (QED) is 0.303. The van der Waals surface area contributed by atoms with Gasteiger partial charge in [0.05, 0.1) is 4.91 Å². The van der Waals surface area contributed by atoms with Gasteiger partial charge < -0.3 is 10.1 Å². The Balaban J connectivity index is 1.48. The third kappa shape index (κ3) is 6.37. The second kappa shape index (κ2) is 11.3. The number of aryl methyl sites for hydroxylation is 2. The van der Waals surface area contributed by atoms with Gasteiger partial charge in [-0.15, -0.1) is 0 Å². The summed E-state index contributed by atoms with van der Waals surface area (Å²) in [4.78, 5) is 39.4. The standard InChI is InChI=1S/C27H22BrClN2O4S/c1-16-3-4-17(2)22(11-16)30-25(32)14-31-26(33)24(36-27(31)34)13-19-12-20(28)7-10-23(19)35-15-18-5-8-21(29)9-6-18/h3-13H,14-15H2,1-2H3,(H,30,32)/b24-13+. The van der Waals surface area contributed by atoms with E-state index in [1.807, 2.05) is 50.2 Å². The molecule has 0 aliphatic carbocycles. The molecule has 0 bridgehead atoms. The Morgan fingerprint density at radius 3 is 2.58 bits per heavy atom. The van der Waals surface area contributed by atoms with Crippen LogP contribution in [0.15, 0.2) is 70.0 Å². The van der Waals surface area contributed by atoms with Crippen molar-refractivity contribution in [2.24, 2.45) is 0 Å². The maximum atomic E-state index is 13.0. The summed E-state index contributed by atoms with van der Waals surface area (Å²) in [5.41, 5.74) is 4.10. The number of benzene rings is 3. The van der Waals surface area contributed by atoms with Crippen LogP contribution in [0.1, 0.15) is 22.3 Å². The number of ether oxygens (including phenoxy) is 1. The number of carbonyl (C=O) groups excluding carboxylic acids is 3. The summed E-state index contributed by atoms with van der Waals surface area (Å²) in [5, 5.41) is 2.93. The Morgan fingerprint density at radius 1 is 1.08 bits per heavy atom. The molecule has 0 radical (unpaired) electrons. The van der Waals surface area contributed by atoms with Crippen LogP contribution in [-0.4, -0.2) is 28.5 Å². The fraction of sp³-hybridized carbons (Fsp3) is 0.148. The van der Waals surface area contributed by atoms with Gasteiger partial charge in [0.1, 0.15) is 18.9 Å². The molecule has 1 fully saturated rings. The zero-order valence-corrected chi connectivity index (χ0v) is 22.7. The predicted octanol–water partition coefficient (Wildman–Crippen LogP) is 6.97. The van der Waals surface area contributed by atoms with Gasteiger partial charge in [-0.05, 0) is 84.8 Å². The number of hydrogen-bond donors (Lipinski definition) is 1. The zero-order chi connectivity index (χ0) is 25.8. The Labute approximate surface area is 226 Å². The molecule has 1 saturated heterocycles. The molecule has 184 valence electrons. The SMILES string of the molecule is Cc1ccc(C)c(NC(=O)CN2C(=O)S/C(=C/c3cc(Br)ccc3OCc3ccc(Cl)cc3)C2=O)c1. The topological polar surface area (TPSA) is 75.7 Å². The summed E-state index contributed by atoms with van der Waals surface area (Å²) >= 11 is 10.2. The van der Waals surface area contributed by atoms with Crippen molar-refractivity contribution < 1.29 is 19.1 Å². The average Bonchev–Trinajstić information content (AvgIpc) is 3.09. The highest BCUT2D eigenvalue weighted by molar-refractivity contribution is 9.10. The summed E-state index contributed by atoms with van der Waals surface area (Å²) in [7, 11) is 0. The number of imide groups is 1. The first-order valence-electron chi connectivity index (χ1n) is 11.0. The first-order chi connectivity index (χ1) is 17.2. The number of anilines is 1. The van der Waals surface area contributed by atoms with Crippen LogP contribution in [0, 0.1) is 13.8 Å². The summed E-state index contributed by atoms with van der Waals surface area (Å²) in [6.07, 6.45) is 1.61. The minimum Gasteiger partial charge on any atom is -0.488 e. The second-order valence-electron chi connectivity index (χ2n) is 8.23. The lowest BCUT2D eigenvalue weighted by Gasteiger charge is -2.14. The Hall–Kier alpha value is -3.07. The number of hydrogen-bond acceptors (Lipinski definition) is 5. The van der Waals surface area contributed by atoms with Gasteiger partial charge in [-0.3, -0.25) is 19.3 Å². The number of amides is 3. The van der Waals surface area contributed by atoms with Crippen molar-refractivity contribution in [1.82, 2.24) is 4.90 Å². The summed E-state index contributed by atoms with van der Waals surface area (Å²) < 4.78 is 6.77. The van der Waals surface area contributed by atoms with E-state index in [0.717, 1.165) is 37.8 Å². The summed E-state index contributed by atoms with van der Waals surface area (Å²) in [6.45, 7) is 3.74. The lowest BCUT2D eigenvalue weighted by Crippen LogP contribution is -2.36. The second-order valence-corrected chi connectivity index (χ2v) is 10.6. The molecule has 1 N–H and O–H groups in total. The van der Waals surface area contributed by atoms with E-state index in [-0.39, 0.29) is 11.4 Å². The molecule has 3 aromatic rings. The van der Waals surface area contributed by atoms with Crippen molar-refractivity contribution in [2.75, 3.05) is 11.9 Å². The van der Waals surface area contributed by atoms with Crippen LogP contribution in [0.2, 0.25) is 5.02 Å². The van der Waals surface area contributed by atoms with Gasteiger partial charge in [0.25, 0.3) is 11.1 Å². The molecule has 0 unspecified atom stereocenters. The van der Waals surface area contributed by atoms with E-state index in [0.29, 0.717) is 28.6 Å². The molecule has 1 aliphatic rings. The van der Waals surface area contributed by atoms with Crippen LogP contribution >= 0.6 is 39.3 Å². The third-order valence-electron chi connectivity index (χ3n) is 5.41. The average molecular weight is 586 g/mol. The first-order valence-corrected chi connectivity index (χ1v) is 13.0. The molecule has 0 spiro atoms. The zero-order valence-electron chi connectivity index (χ0n) is 19.5. The van der Waals surface area contributed by atoms with E-state index in [1.165, 1.54) is 0 Å². The van der Waals surface area contributed by atoms with Gasteiger partial charge in [-0.1, -0.05) is 51.8 Å². The monoisotopic (exact) mass is 584 g/mol. The van der Waals surface area contributed by atoms with E-state index >= 15 is 0 Å². The maximum Gasteiger partial charge on any atom is 0.294 e.